The molecule has 2 rings (SSSR count). The number of ether oxygens (including phenoxy) is 1. The Bertz CT molecular complexity index is 421. The van der Waals surface area contributed by atoms with Gasteiger partial charge in [-0.2, -0.15) is 0 Å². The van der Waals surface area contributed by atoms with E-state index in [1.165, 1.54) is 12.8 Å². The zero-order chi connectivity index (χ0) is 13.8. The summed E-state index contributed by atoms with van der Waals surface area (Å²) in [5.74, 6) is 1.23. The van der Waals surface area contributed by atoms with E-state index in [2.05, 4.69) is 17.9 Å². The van der Waals surface area contributed by atoms with Crippen LogP contribution in [0, 0.1) is 5.92 Å². The van der Waals surface area contributed by atoms with E-state index in [-0.39, 0.29) is 0 Å². The van der Waals surface area contributed by atoms with Crippen molar-refractivity contribution in [2.24, 2.45) is 5.92 Å². The Morgan fingerprint density at radius 3 is 2.74 bits per heavy atom. The van der Waals surface area contributed by atoms with Crippen LogP contribution >= 0.6 is 23.2 Å². The molecule has 19 heavy (non-hydrogen) atoms. The molecule has 0 N–H and O–H groups in total. The van der Waals surface area contributed by atoms with Gasteiger partial charge in [0.25, 0.3) is 0 Å². The topological polar surface area (TPSA) is 12.5 Å². The summed E-state index contributed by atoms with van der Waals surface area (Å²) < 4.78 is 5.24. The van der Waals surface area contributed by atoms with Crippen LogP contribution in [-0.2, 0) is 10.6 Å². The van der Waals surface area contributed by atoms with Gasteiger partial charge in [-0.1, -0.05) is 17.7 Å². The largest absolute Gasteiger partial charge is 0.383 e. The number of benzene rings is 1. The highest BCUT2D eigenvalue weighted by atomic mass is 35.5. The molecule has 0 spiro atoms. The molecular weight excluding hydrogens is 281 g/mol. The Kier molecular flexibility index (Phi) is 5.37. The summed E-state index contributed by atoms with van der Waals surface area (Å²) in [6.45, 7) is 3.87. The van der Waals surface area contributed by atoms with Crippen molar-refractivity contribution >= 4 is 28.9 Å². The van der Waals surface area contributed by atoms with Gasteiger partial charge >= 0.3 is 0 Å². The van der Waals surface area contributed by atoms with Gasteiger partial charge in [-0.25, -0.2) is 0 Å². The van der Waals surface area contributed by atoms with Crippen molar-refractivity contribution < 1.29 is 4.74 Å². The fourth-order valence-electron chi connectivity index (χ4n) is 2.51. The van der Waals surface area contributed by atoms with Crippen LogP contribution in [0.5, 0.6) is 0 Å². The maximum absolute atomic E-state index is 6.27. The van der Waals surface area contributed by atoms with Crippen molar-refractivity contribution in [3.05, 3.63) is 28.8 Å². The average molecular weight is 302 g/mol. The van der Waals surface area contributed by atoms with Gasteiger partial charge in [-0.05, 0) is 37.8 Å². The molecule has 4 heteroatoms. The normalized spacial score (nSPS) is 16.4. The van der Waals surface area contributed by atoms with Crippen LogP contribution in [0.2, 0.25) is 5.02 Å². The third-order valence-electron chi connectivity index (χ3n) is 3.87. The van der Waals surface area contributed by atoms with Crippen LogP contribution in [0.3, 0.4) is 0 Å². The van der Waals surface area contributed by atoms with Gasteiger partial charge in [0.2, 0.25) is 0 Å². The summed E-state index contributed by atoms with van der Waals surface area (Å²) in [4.78, 5) is 2.39. The molecule has 1 unspecified atom stereocenters. The minimum Gasteiger partial charge on any atom is -0.383 e. The molecule has 2 nitrogen and oxygen atoms in total. The molecule has 1 saturated carbocycles. The highest BCUT2D eigenvalue weighted by Crippen LogP contribution is 2.39. The van der Waals surface area contributed by atoms with E-state index in [0.29, 0.717) is 18.5 Å². The fraction of sp³-hybridized carbons (Fsp3) is 0.600. The molecule has 1 atom stereocenters. The van der Waals surface area contributed by atoms with Crippen molar-refractivity contribution in [2.45, 2.75) is 31.7 Å². The van der Waals surface area contributed by atoms with E-state index >= 15 is 0 Å². The van der Waals surface area contributed by atoms with Crippen LogP contribution < -0.4 is 4.90 Å². The number of nitrogens with zero attached hydrogens (tertiary/aromatic N) is 1. The first-order valence-electron chi connectivity index (χ1n) is 6.78. The molecule has 0 radical (unpaired) electrons. The Morgan fingerprint density at radius 1 is 1.42 bits per heavy atom. The van der Waals surface area contributed by atoms with E-state index in [9.17, 15) is 0 Å². The minimum atomic E-state index is 0.440. The summed E-state index contributed by atoms with van der Waals surface area (Å²) in [6, 6.07) is 6.51. The van der Waals surface area contributed by atoms with Gasteiger partial charge in [0.15, 0.2) is 0 Å². The van der Waals surface area contributed by atoms with Crippen LogP contribution in [-0.4, -0.2) is 26.3 Å². The Hall–Kier alpha value is -0.440. The summed E-state index contributed by atoms with van der Waals surface area (Å²) in [5.41, 5.74) is 2.17. The van der Waals surface area contributed by atoms with E-state index in [1.807, 2.05) is 12.1 Å². The first kappa shape index (κ1) is 15.0. The quantitative estimate of drug-likeness (QED) is 0.695. The third kappa shape index (κ3) is 3.56. The Labute approximate surface area is 125 Å². The lowest BCUT2D eigenvalue weighted by molar-refractivity contribution is 0.202. The van der Waals surface area contributed by atoms with Crippen LogP contribution in [0.25, 0.3) is 0 Å². The van der Waals surface area contributed by atoms with E-state index in [0.717, 1.165) is 28.7 Å². The molecule has 0 heterocycles. The number of halogens is 2. The average Bonchev–Trinajstić information content (AvgIpc) is 3.23. The first-order valence-corrected chi connectivity index (χ1v) is 7.69. The summed E-state index contributed by atoms with van der Waals surface area (Å²) in [5, 5.41) is 0.748. The number of rotatable bonds is 7. The molecule has 1 aliphatic carbocycles. The number of alkyl halides is 1. The van der Waals surface area contributed by atoms with Gasteiger partial charge < -0.3 is 9.64 Å². The number of hydrogen-bond acceptors (Lipinski definition) is 2. The molecule has 1 aromatic rings. The van der Waals surface area contributed by atoms with Crippen LogP contribution in [0.1, 0.15) is 25.3 Å². The lowest BCUT2D eigenvalue weighted by atomic mass is 10.1. The third-order valence-corrected chi connectivity index (χ3v) is 4.49. The van der Waals surface area contributed by atoms with Crippen molar-refractivity contribution in [1.29, 1.82) is 0 Å². The molecule has 106 valence electrons. The van der Waals surface area contributed by atoms with Crippen molar-refractivity contribution in [1.82, 2.24) is 0 Å². The molecule has 0 bridgehead atoms. The second-order valence-electron chi connectivity index (χ2n) is 5.14. The molecule has 0 aromatic heterocycles. The molecule has 1 fully saturated rings. The first-order chi connectivity index (χ1) is 9.19. The van der Waals surface area contributed by atoms with Crippen molar-refractivity contribution in [3.63, 3.8) is 0 Å². The number of hydrogen-bond donors (Lipinski definition) is 0. The lowest BCUT2D eigenvalue weighted by Crippen LogP contribution is -2.37. The van der Waals surface area contributed by atoms with Gasteiger partial charge in [-0.15, -0.1) is 11.6 Å². The predicted octanol–water partition coefficient (Wildman–Crippen LogP) is 4.33. The van der Waals surface area contributed by atoms with Crippen molar-refractivity contribution in [3.8, 4) is 0 Å². The van der Waals surface area contributed by atoms with Gasteiger partial charge in [0.1, 0.15) is 0 Å². The molecule has 0 amide bonds. The second kappa shape index (κ2) is 6.83. The molecule has 1 aromatic carbocycles. The van der Waals surface area contributed by atoms with Crippen LogP contribution in [0.15, 0.2) is 18.2 Å². The summed E-state index contributed by atoms with van der Waals surface area (Å²) in [7, 11) is 1.74. The van der Waals surface area contributed by atoms with Gasteiger partial charge in [0.05, 0.1) is 12.5 Å². The highest BCUT2D eigenvalue weighted by molar-refractivity contribution is 6.32. The lowest BCUT2D eigenvalue weighted by Gasteiger charge is -2.33. The predicted molar refractivity (Wildman–Crippen MR) is 82.4 cm³/mol. The van der Waals surface area contributed by atoms with E-state index < -0.39 is 0 Å². The minimum absolute atomic E-state index is 0.440. The zero-order valence-corrected chi connectivity index (χ0v) is 13.0. The molecular formula is C15H21Cl2NO. The van der Waals surface area contributed by atoms with Gasteiger partial charge in [0, 0.05) is 36.0 Å². The Balaban J connectivity index is 2.28. The van der Waals surface area contributed by atoms with Crippen molar-refractivity contribution in [2.75, 3.05) is 25.2 Å². The van der Waals surface area contributed by atoms with E-state index in [4.69, 9.17) is 27.9 Å². The van der Waals surface area contributed by atoms with E-state index in [1.54, 1.807) is 7.11 Å². The highest BCUT2D eigenvalue weighted by Gasteiger charge is 2.32. The van der Waals surface area contributed by atoms with Gasteiger partial charge in [-0.3, -0.25) is 0 Å². The van der Waals surface area contributed by atoms with Crippen LogP contribution in [0.4, 0.5) is 5.69 Å². The summed E-state index contributed by atoms with van der Waals surface area (Å²) in [6.07, 6.45) is 2.64. The Morgan fingerprint density at radius 2 is 2.16 bits per heavy atom. The monoisotopic (exact) mass is 301 g/mol. The maximum atomic E-state index is 6.27. The number of methoxy groups -OCH3 is 1. The fourth-order valence-corrected chi connectivity index (χ4v) is 3.10. The maximum Gasteiger partial charge on any atom is 0.0637 e. The second-order valence-corrected chi connectivity index (χ2v) is 5.81. The standard InChI is InChI=1S/C15H21Cl2NO/c1-11(12-6-7-12)18(8-9-19-2)15-5-3-4-14(17)13(15)10-16/h3-5,11-12H,6-10H2,1-2H3. The number of anilines is 1. The molecule has 0 saturated heterocycles. The molecule has 1 aliphatic rings. The zero-order valence-electron chi connectivity index (χ0n) is 11.5. The molecule has 0 aliphatic heterocycles. The smallest absolute Gasteiger partial charge is 0.0637 e. The SMILES string of the molecule is COCCN(c1cccc(Cl)c1CCl)C(C)C1CC1. The summed E-state index contributed by atoms with van der Waals surface area (Å²) >= 11 is 12.3.